The van der Waals surface area contributed by atoms with Gasteiger partial charge >= 0.3 is 0 Å². The number of aliphatic hydroxyl groups excluding tert-OH is 1. The van der Waals surface area contributed by atoms with E-state index < -0.39 is 6.10 Å². The van der Waals surface area contributed by atoms with Crippen molar-refractivity contribution in [1.82, 2.24) is 14.7 Å². The molecule has 1 N–H and O–H groups in total. The van der Waals surface area contributed by atoms with Gasteiger partial charge in [-0.25, -0.2) is 4.99 Å². The largest absolute Gasteiger partial charge is 0.493 e. The Hall–Kier alpha value is -2.57. The van der Waals surface area contributed by atoms with Crippen LogP contribution in [0, 0.1) is 0 Å². The van der Waals surface area contributed by atoms with Gasteiger partial charge in [-0.2, -0.15) is 0 Å². The van der Waals surface area contributed by atoms with E-state index in [2.05, 4.69) is 59.5 Å². The van der Waals surface area contributed by atoms with Gasteiger partial charge in [-0.15, -0.1) is 0 Å². The number of fused-ring (bicyclic) bond motifs is 1. The van der Waals surface area contributed by atoms with Gasteiger partial charge in [0, 0.05) is 44.3 Å². The minimum atomic E-state index is -0.559. The van der Waals surface area contributed by atoms with Crippen molar-refractivity contribution in [2.45, 2.75) is 58.6 Å². The highest BCUT2D eigenvalue weighted by molar-refractivity contribution is 5.80. The summed E-state index contributed by atoms with van der Waals surface area (Å²) in [6.07, 6.45) is 9.63. The van der Waals surface area contributed by atoms with Gasteiger partial charge in [-0.3, -0.25) is 4.90 Å². The Morgan fingerprint density at radius 2 is 2.03 bits per heavy atom. The number of benzene rings is 1. The van der Waals surface area contributed by atoms with Gasteiger partial charge in [0.1, 0.15) is 11.6 Å². The molecule has 3 aliphatic heterocycles. The van der Waals surface area contributed by atoms with Gasteiger partial charge in [0.25, 0.3) is 0 Å². The fourth-order valence-corrected chi connectivity index (χ4v) is 4.75. The molecule has 6 nitrogen and oxygen atoms in total. The van der Waals surface area contributed by atoms with E-state index >= 15 is 0 Å². The zero-order valence-corrected chi connectivity index (χ0v) is 20.3. The van der Waals surface area contributed by atoms with Gasteiger partial charge in [0.2, 0.25) is 0 Å². The van der Waals surface area contributed by atoms with Crippen molar-refractivity contribution in [3.8, 4) is 5.75 Å². The Kier molecular flexibility index (Phi) is 7.56. The third-order valence-electron chi connectivity index (χ3n) is 6.91. The third kappa shape index (κ3) is 5.33. The number of hydrogen-bond donors (Lipinski definition) is 1. The lowest BCUT2D eigenvalue weighted by atomic mass is 10.0. The molecule has 3 heterocycles. The number of rotatable bonds is 8. The van der Waals surface area contributed by atoms with Crippen LogP contribution in [0.15, 0.2) is 59.3 Å². The molecule has 1 aromatic carbocycles. The predicted molar refractivity (Wildman–Crippen MR) is 134 cm³/mol. The molecule has 0 saturated carbocycles. The highest BCUT2D eigenvalue weighted by atomic mass is 16.5. The Balaban J connectivity index is 1.41. The molecular weight excluding hydrogens is 412 g/mol. The van der Waals surface area contributed by atoms with E-state index in [0.29, 0.717) is 6.04 Å². The molecule has 1 saturated heterocycles. The quantitative estimate of drug-likeness (QED) is 0.593. The van der Waals surface area contributed by atoms with Crippen molar-refractivity contribution in [3.05, 3.63) is 65.4 Å². The predicted octanol–water partition coefficient (Wildman–Crippen LogP) is 4.45. The highest BCUT2D eigenvalue weighted by Gasteiger charge is 2.26. The average molecular weight is 451 g/mol. The van der Waals surface area contributed by atoms with Crippen molar-refractivity contribution in [1.29, 1.82) is 0 Å². The number of ether oxygens (including phenoxy) is 1. The molecule has 0 aliphatic carbocycles. The number of aliphatic imine (C=N–C) groups is 1. The molecule has 2 unspecified atom stereocenters. The first kappa shape index (κ1) is 23.6. The number of nitrogens with zero attached hydrogens (tertiary/aromatic N) is 4. The van der Waals surface area contributed by atoms with Crippen LogP contribution in [-0.2, 0) is 6.42 Å². The van der Waals surface area contributed by atoms with E-state index in [1.165, 1.54) is 11.1 Å². The number of hydrogen-bond acceptors (Lipinski definition) is 6. The van der Waals surface area contributed by atoms with E-state index in [1.54, 1.807) is 0 Å². The molecule has 0 radical (unpaired) electrons. The molecule has 6 heteroatoms. The van der Waals surface area contributed by atoms with Gasteiger partial charge in [-0.1, -0.05) is 44.6 Å². The lowest BCUT2D eigenvalue weighted by Gasteiger charge is -2.40. The van der Waals surface area contributed by atoms with Crippen LogP contribution < -0.4 is 4.74 Å². The third-order valence-corrected chi connectivity index (χ3v) is 6.91. The second-order valence-corrected chi connectivity index (χ2v) is 9.22. The molecule has 178 valence electrons. The summed E-state index contributed by atoms with van der Waals surface area (Å²) in [6, 6.07) is 7.05. The molecule has 0 aromatic heterocycles. The van der Waals surface area contributed by atoms with Crippen LogP contribution >= 0.6 is 0 Å². The summed E-state index contributed by atoms with van der Waals surface area (Å²) in [5.41, 5.74) is 4.31. The van der Waals surface area contributed by atoms with E-state index in [4.69, 9.17) is 4.74 Å². The minimum absolute atomic E-state index is 0.352. The first-order chi connectivity index (χ1) is 16.0. The van der Waals surface area contributed by atoms with Crippen LogP contribution in [0.2, 0.25) is 0 Å². The SMILES string of the molecule is C=C1C=NC(N2CCN(C(C)c3ccc4c(c3)OCC4)CC2)=CN1/C(=C\CCCC)C(C)O. The van der Waals surface area contributed by atoms with Crippen LogP contribution in [0.4, 0.5) is 0 Å². The zero-order valence-electron chi connectivity index (χ0n) is 20.3. The molecule has 1 aromatic rings. The zero-order chi connectivity index (χ0) is 23.4. The molecule has 33 heavy (non-hydrogen) atoms. The lowest BCUT2D eigenvalue weighted by Crippen LogP contribution is -2.47. The van der Waals surface area contributed by atoms with E-state index in [9.17, 15) is 5.11 Å². The van der Waals surface area contributed by atoms with Crippen LogP contribution in [0.25, 0.3) is 0 Å². The normalized spacial score (nSPS) is 21.0. The van der Waals surface area contributed by atoms with Gasteiger partial charge in [0.15, 0.2) is 0 Å². The van der Waals surface area contributed by atoms with E-state index in [0.717, 1.165) is 81.4 Å². The molecule has 1 fully saturated rings. The Bertz CT molecular complexity index is 941. The maximum absolute atomic E-state index is 10.4. The van der Waals surface area contributed by atoms with Crippen molar-refractivity contribution in [2.75, 3.05) is 32.8 Å². The van der Waals surface area contributed by atoms with Crippen molar-refractivity contribution in [3.63, 3.8) is 0 Å². The minimum Gasteiger partial charge on any atom is -0.493 e. The van der Waals surface area contributed by atoms with Crippen LogP contribution in [-0.4, -0.2) is 64.9 Å². The summed E-state index contributed by atoms with van der Waals surface area (Å²) >= 11 is 0. The number of aliphatic hydroxyl groups is 1. The molecule has 0 amide bonds. The summed E-state index contributed by atoms with van der Waals surface area (Å²) in [6.45, 7) is 15.0. The van der Waals surface area contributed by atoms with Crippen LogP contribution in [0.3, 0.4) is 0 Å². The monoisotopic (exact) mass is 450 g/mol. The molecule has 2 atom stereocenters. The summed E-state index contributed by atoms with van der Waals surface area (Å²) in [5, 5.41) is 10.4. The van der Waals surface area contributed by atoms with Crippen molar-refractivity contribution in [2.24, 2.45) is 4.99 Å². The number of unbranched alkanes of at least 4 members (excludes halogenated alkanes) is 2. The summed E-state index contributed by atoms with van der Waals surface area (Å²) in [4.78, 5) is 11.5. The average Bonchev–Trinajstić information content (AvgIpc) is 3.30. The molecule has 4 rings (SSSR count). The second kappa shape index (κ2) is 10.6. The van der Waals surface area contributed by atoms with Gasteiger partial charge in [0.05, 0.1) is 30.8 Å². The summed E-state index contributed by atoms with van der Waals surface area (Å²) in [5.74, 6) is 1.99. The fourth-order valence-electron chi connectivity index (χ4n) is 4.75. The maximum atomic E-state index is 10.4. The van der Waals surface area contributed by atoms with Gasteiger partial charge in [-0.05, 0) is 37.5 Å². The van der Waals surface area contributed by atoms with Crippen molar-refractivity contribution < 1.29 is 9.84 Å². The Morgan fingerprint density at radius 3 is 2.76 bits per heavy atom. The van der Waals surface area contributed by atoms with E-state index in [-0.39, 0.29) is 0 Å². The summed E-state index contributed by atoms with van der Waals surface area (Å²) in [7, 11) is 0. The lowest BCUT2D eigenvalue weighted by molar-refractivity contribution is 0.120. The standard InChI is InChI=1S/C27H38N4O2/c1-5-6-7-8-25(22(4)32)31-19-27(28-18-20(31)2)30-14-12-29(13-15-30)21(3)24-10-9-23-11-16-33-26(23)17-24/h8-10,17-19,21-22,32H,2,5-7,11-16H2,1,3-4H3/b25-8-. The molecule has 0 spiro atoms. The second-order valence-electron chi connectivity index (χ2n) is 9.22. The molecular formula is C27H38N4O2. The van der Waals surface area contributed by atoms with Gasteiger partial charge < -0.3 is 19.6 Å². The maximum Gasteiger partial charge on any atom is 0.145 e. The topological polar surface area (TPSA) is 51.5 Å². The number of allylic oxidation sites excluding steroid dienone is 2. The highest BCUT2D eigenvalue weighted by Crippen LogP contribution is 2.31. The van der Waals surface area contributed by atoms with Crippen LogP contribution in [0.5, 0.6) is 5.75 Å². The first-order valence-corrected chi connectivity index (χ1v) is 12.3. The smallest absolute Gasteiger partial charge is 0.145 e. The Morgan fingerprint density at radius 1 is 1.24 bits per heavy atom. The van der Waals surface area contributed by atoms with Crippen LogP contribution in [0.1, 0.15) is 57.2 Å². The first-order valence-electron chi connectivity index (χ1n) is 12.3. The van der Waals surface area contributed by atoms with E-state index in [1.807, 2.05) is 24.2 Å². The summed E-state index contributed by atoms with van der Waals surface area (Å²) < 4.78 is 5.77. The molecule has 3 aliphatic rings. The van der Waals surface area contributed by atoms with Crippen molar-refractivity contribution >= 4 is 6.21 Å². The molecule has 0 bridgehead atoms. The Labute approximate surface area is 198 Å². The fraction of sp³-hybridized carbons (Fsp3) is 0.519. The number of piperazine rings is 1.